The van der Waals surface area contributed by atoms with Crippen LogP contribution < -0.4 is 9.80 Å². The van der Waals surface area contributed by atoms with Gasteiger partial charge in [0, 0.05) is 32.0 Å². The second kappa shape index (κ2) is 7.20. The summed E-state index contributed by atoms with van der Waals surface area (Å²) in [6.45, 7) is 6.76. The van der Waals surface area contributed by atoms with Crippen LogP contribution in [0.25, 0.3) is 0 Å². The Hall–Kier alpha value is -1.45. The molecule has 0 aliphatic carbocycles. The molecule has 9 heteroatoms. The Labute approximate surface area is 142 Å². The van der Waals surface area contributed by atoms with E-state index in [2.05, 4.69) is 16.8 Å². The monoisotopic (exact) mass is 356 g/mol. The largest absolute Gasteiger partial charge is 0.378 e. The Balaban J connectivity index is 1.95. The molecule has 0 radical (unpaired) electrons. The molecular formula is C15H24N4O4S. The van der Waals surface area contributed by atoms with Crippen molar-refractivity contribution in [2.75, 3.05) is 62.1 Å². The summed E-state index contributed by atoms with van der Waals surface area (Å²) in [5.41, 5.74) is 0.530. The Bertz CT molecular complexity index is 676. The summed E-state index contributed by atoms with van der Waals surface area (Å²) < 4.78 is 34.3. The quantitative estimate of drug-likeness (QED) is 0.750. The average Bonchev–Trinajstić information content (AvgIpc) is 2.54. The molecule has 134 valence electrons. The number of nitrogens with zero attached hydrogens (tertiary/aromatic N) is 4. The molecule has 0 bridgehead atoms. The molecule has 2 fully saturated rings. The molecule has 2 saturated heterocycles. The Morgan fingerprint density at radius 1 is 1.17 bits per heavy atom. The van der Waals surface area contributed by atoms with Crippen molar-refractivity contribution in [1.82, 2.24) is 9.97 Å². The van der Waals surface area contributed by atoms with Gasteiger partial charge in [-0.15, -0.1) is 0 Å². The van der Waals surface area contributed by atoms with Crippen LogP contribution >= 0.6 is 0 Å². The number of rotatable bonds is 4. The third-order valence-electron chi connectivity index (χ3n) is 4.12. The van der Waals surface area contributed by atoms with Crippen molar-refractivity contribution in [1.29, 1.82) is 0 Å². The molecule has 0 unspecified atom stereocenters. The molecule has 24 heavy (non-hydrogen) atoms. The Kier molecular flexibility index (Phi) is 5.21. The van der Waals surface area contributed by atoms with Crippen molar-refractivity contribution >= 4 is 21.6 Å². The lowest BCUT2D eigenvalue weighted by atomic mass is 10.2. The van der Waals surface area contributed by atoms with Gasteiger partial charge >= 0.3 is 0 Å². The molecule has 0 aromatic carbocycles. The van der Waals surface area contributed by atoms with E-state index in [9.17, 15) is 8.42 Å². The first-order valence-electron chi connectivity index (χ1n) is 8.15. The number of hydrogen-bond donors (Lipinski definition) is 0. The maximum atomic E-state index is 11.7. The van der Waals surface area contributed by atoms with E-state index in [0.717, 1.165) is 12.4 Å². The third kappa shape index (κ3) is 4.34. The van der Waals surface area contributed by atoms with Gasteiger partial charge in [-0.25, -0.2) is 13.4 Å². The van der Waals surface area contributed by atoms with Gasteiger partial charge in [-0.1, -0.05) is 0 Å². The van der Waals surface area contributed by atoms with Gasteiger partial charge < -0.3 is 19.3 Å². The molecule has 8 nitrogen and oxygen atoms in total. The van der Waals surface area contributed by atoms with Crippen molar-refractivity contribution < 1.29 is 17.9 Å². The van der Waals surface area contributed by atoms with E-state index in [0.29, 0.717) is 51.2 Å². The highest BCUT2D eigenvalue weighted by Crippen LogP contribution is 2.23. The van der Waals surface area contributed by atoms with Crippen LogP contribution in [-0.4, -0.2) is 76.7 Å². The zero-order chi connectivity index (χ0) is 17.2. The van der Waals surface area contributed by atoms with Crippen LogP contribution in [0.3, 0.4) is 0 Å². The molecule has 3 heterocycles. The second-order valence-corrected chi connectivity index (χ2v) is 8.44. The predicted molar refractivity (Wildman–Crippen MR) is 91.2 cm³/mol. The van der Waals surface area contributed by atoms with E-state index in [-0.39, 0.29) is 11.8 Å². The minimum atomic E-state index is -3.16. The first-order chi connectivity index (χ1) is 11.4. The van der Waals surface area contributed by atoms with E-state index in [1.165, 1.54) is 6.26 Å². The SMILES string of the molecule is C[C@H]1COCCN1c1cc(CS(C)(=O)=O)nc(N2CCOCC2)n1. The van der Waals surface area contributed by atoms with Crippen LogP contribution in [0.4, 0.5) is 11.8 Å². The molecule has 1 aromatic rings. The van der Waals surface area contributed by atoms with Crippen molar-refractivity contribution in [2.24, 2.45) is 0 Å². The Morgan fingerprint density at radius 2 is 1.88 bits per heavy atom. The van der Waals surface area contributed by atoms with Crippen molar-refractivity contribution in [3.05, 3.63) is 11.8 Å². The zero-order valence-corrected chi connectivity index (χ0v) is 15.0. The average molecular weight is 356 g/mol. The molecule has 0 spiro atoms. The van der Waals surface area contributed by atoms with Gasteiger partial charge in [0.25, 0.3) is 0 Å². The van der Waals surface area contributed by atoms with Crippen LogP contribution in [0, 0.1) is 0 Å². The fraction of sp³-hybridized carbons (Fsp3) is 0.733. The number of aromatic nitrogens is 2. The number of morpholine rings is 2. The maximum Gasteiger partial charge on any atom is 0.227 e. The fourth-order valence-corrected chi connectivity index (χ4v) is 3.62. The Morgan fingerprint density at radius 3 is 2.54 bits per heavy atom. The lowest BCUT2D eigenvalue weighted by Crippen LogP contribution is -2.44. The summed E-state index contributed by atoms with van der Waals surface area (Å²) in [5, 5.41) is 0. The minimum Gasteiger partial charge on any atom is -0.378 e. The summed E-state index contributed by atoms with van der Waals surface area (Å²) >= 11 is 0. The summed E-state index contributed by atoms with van der Waals surface area (Å²) in [4.78, 5) is 13.4. The first kappa shape index (κ1) is 17.4. The molecule has 2 aliphatic rings. The third-order valence-corrected chi connectivity index (χ3v) is 4.94. The van der Waals surface area contributed by atoms with Crippen LogP contribution in [0.15, 0.2) is 6.07 Å². The van der Waals surface area contributed by atoms with Crippen LogP contribution in [-0.2, 0) is 25.1 Å². The number of anilines is 2. The van der Waals surface area contributed by atoms with Gasteiger partial charge in [0.05, 0.1) is 43.9 Å². The lowest BCUT2D eigenvalue weighted by Gasteiger charge is -2.35. The highest BCUT2D eigenvalue weighted by atomic mass is 32.2. The highest BCUT2D eigenvalue weighted by Gasteiger charge is 2.24. The lowest BCUT2D eigenvalue weighted by molar-refractivity contribution is 0.0985. The van der Waals surface area contributed by atoms with Gasteiger partial charge in [0.1, 0.15) is 5.82 Å². The molecule has 1 aromatic heterocycles. The van der Waals surface area contributed by atoms with Gasteiger partial charge in [-0.3, -0.25) is 0 Å². The normalized spacial score (nSPS) is 22.7. The van der Waals surface area contributed by atoms with E-state index in [1.807, 2.05) is 4.90 Å². The van der Waals surface area contributed by atoms with Gasteiger partial charge in [0.2, 0.25) is 5.95 Å². The van der Waals surface area contributed by atoms with Crippen molar-refractivity contribution in [2.45, 2.75) is 18.7 Å². The summed E-state index contributed by atoms with van der Waals surface area (Å²) in [7, 11) is -3.16. The molecule has 3 rings (SSSR count). The minimum absolute atomic E-state index is 0.0847. The topological polar surface area (TPSA) is 84.9 Å². The van der Waals surface area contributed by atoms with E-state index < -0.39 is 9.84 Å². The van der Waals surface area contributed by atoms with Gasteiger partial charge in [-0.2, -0.15) is 4.98 Å². The molecular weight excluding hydrogens is 332 g/mol. The summed E-state index contributed by atoms with van der Waals surface area (Å²) in [5.74, 6) is 1.26. The molecule has 0 N–H and O–H groups in total. The predicted octanol–water partition coefficient (Wildman–Crippen LogP) is 0.0829. The standard InChI is InChI=1S/C15H24N4O4S/c1-12-10-23-8-5-19(12)14-9-13(11-24(2,20)21)16-15(17-14)18-3-6-22-7-4-18/h9,12H,3-8,10-11H2,1-2H3/t12-/m0/s1. The number of sulfone groups is 1. The van der Waals surface area contributed by atoms with Crippen LogP contribution in [0.2, 0.25) is 0 Å². The number of hydrogen-bond acceptors (Lipinski definition) is 8. The molecule has 0 saturated carbocycles. The summed E-state index contributed by atoms with van der Waals surface area (Å²) in [6, 6.07) is 1.98. The van der Waals surface area contributed by atoms with Crippen molar-refractivity contribution in [3.8, 4) is 0 Å². The fourth-order valence-electron chi connectivity index (χ4n) is 2.93. The van der Waals surface area contributed by atoms with E-state index in [1.54, 1.807) is 6.07 Å². The van der Waals surface area contributed by atoms with E-state index in [4.69, 9.17) is 14.5 Å². The highest BCUT2D eigenvalue weighted by molar-refractivity contribution is 7.89. The van der Waals surface area contributed by atoms with Gasteiger partial charge in [0.15, 0.2) is 9.84 Å². The van der Waals surface area contributed by atoms with Crippen molar-refractivity contribution in [3.63, 3.8) is 0 Å². The van der Waals surface area contributed by atoms with E-state index >= 15 is 0 Å². The van der Waals surface area contributed by atoms with Crippen LogP contribution in [0.1, 0.15) is 12.6 Å². The molecule has 0 amide bonds. The smallest absolute Gasteiger partial charge is 0.227 e. The first-order valence-corrected chi connectivity index (χ1v) is 10.2. The number of ether oxygens (including phenoxy) is 2. The summed E-state index contributed by atoms with van der Waals surface area (Å²) in [6.07, 6.45) is 1.22. The van der Waals surface area contributed by atoms with Gasteiger partial charge in [-0.05, 0) is 6.92 Å². The zero-order valence-electron chi connectivity index (χ0n) is 14.1. The second-order valence-electron chi connectivity index (χ2n) is 6.30. The molecule has 2 aliphatic heterocycles. The van der Waals surface area contributed by atoms with Crippen LogP contribution in [0.5, 0.6) is 0 Å². The maximum absolute atomic E-state index is 11.7. The molecule has 1 atom stereocenters.